The lowest BCUT2D eigenvalue weighted by molar-refractivity contribution is 0.447. The van der Waals surface area contributed by atoms with Crippen LogP contribution in [-0.4, -0.2) is 9.78 Å². The van der Waals surface area contributed by atoms with Crippen molar-refractivity contribution in [2.24, 2.45) is 7.05 Å². The Hall–Kier alpha value is -1.98. The number of nitrogens with zero attached hydrogens (tertiary/aromatic N) is 2. The van der Waals surface area contributed by atoms with Crippen LogP contribution in [0.25, 0.3) is 0 Å². The van der Waals surface area contributed by atoms with Gasteiger partial charge in [0, 0.05) is 36.1 Å². The summed E-state index contributed by atoms with van der Waals surface area (Å²) in [6, 6.07) is 1.68. The highest BCUT2D eigenvalue weighted by atomic mass is 19.2. The molecular weight excluding hydrogens is 267 g/mol. The number of hydrogen-bond acceptors (Lipinski definition) is 2. The van der Waals surface area contributed by atoms with E-state index in [4.69, 9.17) is 0 Å². The molecule has 0 aliphatic carbocycles. The van der Waals surface area contributed by atoms with Gasteiger partial charge in [-0.05, 0) is 20.8 Å². The lowest BCUT2D eigenvalue weighted by Gasteiger charge is -2.16. The van der Waals surface area contributed by atoms with E-state index in [0.717, 1.165) is 29.1 Å². The van der Waals surface area contributed by atoms with Crippen molar-refractivity contribution in [3.05, 3.63) is 46.5 Å². The van der Waals surface area contributed by atoms with E-state index in [2.05, 4.69) is 10.4 Å². The standard InChI is InChI=1S/C14H16F3N3/c1-7(13-8(2)19-20(4)9(13)3)18-10-5-11(15)14(17)12(16)6-10/h5-7,18H,1-4H3. The molecule has 0 aliphatic heterocycles. The monoisotopic (exact) mass is 283 g/mol. The number of aryl methyl sites for hydroxylation is 2. The van der Waals surface area contributed by atoms with Crippen molar-refractivity contribution in [1.82, 2.24) is 9.78 Å². The molecule has 0 saturated heterocycles. The maximum atomic E-state index is 13.2. The van der Waals surface area contributed by atoms with E-state index in [1.165, 1.54) is 0 Å². The zero-order valence-electron chi connectivity index (χ0n) is 11.8. The summed E-state index contributed by atoms with van der Waals surface area (Å²) in [4.78, 5) is 0. The zero-order chi connectivity index (χ0) is 15.0. The molecule has 1 aromatic carbocycles. The highest BCUT2D eigenvalue weighted by molar-refractivity contribution is 5.47. The van der Waals surface area contributed by atoms with Crippen LogP contribution in [0.1, 0.15) is 29.9 Å². The predicted octanol–water partition coefficient (Wildman–Crippen LogP) is 3.63. The molecule has 0 radical (unpaired) electrons. The highest BCUT2D eigenvalue weighted by Crippen LogP contribution is 2.26. The molecule has 108 valence electrons. The van der Waals surface area contributed by atoms with Gasteiger partial charge in [0.15, 0.2) is 17.5 Å². The predicted molar refractivity (Wildman–Crippen MR) is 71.0 cm³/mol. The van der Waals surface area contributed by atoms with E-state index in [1.807, 2.05) is 27.8 Å². The van der Waals surface area contributed by atoms with E-state index >= 15 is 0 Å². The molecule has 20 heavy (non-hydrogen) atoms. The number of halogens is 3. The van der Waals surface area contributed by atoms with E-state index in [-0.39, 0.29) is 11.7 Å². The van der Waals surface area contributed by atoms with Crippen LogP contribution < -0.4 is 5.32 Å². The third-order valence-corrected chi connectivity index (χ3v) is 3.36. The lowest BCUT2D eigenvalue weighted by atomic mass is 10.1. The SMILES string of the molecule is Cc1nn(C)c(C)c1C(C)Nc1cc(F)c(F)c(F)c1. The molecule has 0 fully saturated rings. The van der Waals surface area contributed by atoms with Gasteiger partial charge in [0.25, 0.3) is 0 Å². The first-order chi connectivity index (χ1) is 9.31. The van der Waals surface area contributed by atoms with E-state index in [9.17, 15) is 13.2 Å². The number of nitrogens with one attached hydrogen (secondary N) is 1. The van der Waals surface area contributed by atoms with E-state index in [1.54, 1.807) is 4.68 Å². The molecule has 0 saturated carbocycles. The van der Waals surface area contributed by atoms with Gasteiger partial charge in [0.1, 0.15) is 0 Å². The fourth-order valence-electron chi connectivity index (χ4n) is 2.38. The quantitative estimate of drug-likeness (QED) is 0.872. The molecule has 2 aromatic rings. The summed E-state index contributed by atoms with van der Waals surface area (Å²) in [5.74, 6) is -3.88. The number of aromatic nitrogens is 2. The van der Waals surface area contributed by atoms with Gasteiger partial charge in [0.2, 0.25) is 0 Å². The first-order valence-corrected chi connectivity index (χ1v) is 6.22. The lowest BCUT2D eigenvalue weighted by Crippen LogP contribution is -2.10. The van der Waals surface area contributed by atoms with Crippen LogP contribution in [0, 0.1) is 31.3 Å². The Morgan fingerprint density at radius 3 is 2.15 bits per heavy atom. The maximum absolute atomic E-state index is 13.2. The van der Waals surface area contributed by atoms with Crippen LogP contribution in [0.5, 0.6) is 0 Å². The van der Waals surface area contributed by atoms with Crippen molar-refractivity contribution in [2.75, 3.05) is 5.32 Å². The Kier molecular flexibility index (Phi) is 3.74. The van der Waals surface area contributed by atoms with Gasteiger partial charge in [-0.25, -0.2) is 13.2 Å². The largest absolute Gasteiger partial charge is 0.378 e. The number of rotatable bonds is 3. The van der Waals surface area contributed by atoms with Crippen LogP contribution in [0.3, 0.4) is 0 Å². The minimum Gasteiger partial charge on any atom is -0.378 e. The molecule has 3 nitrogen and oxygen atoms in total. The summed E-state index contributed by atoms with van der Waals surface area (Å²) in [7, 11) is 1.83. The molecule has 0 bridgehead atoms. The van der Waals surface area contributed by atoms with Gasteiger partial charge in [-0.2, -0.15) is 5.10 Å². The Labute approximate surface area is 115 Å². The summed E-state index contributed by atoms with van der Waals surface area (Å²) in [6.45, 7) is 5.64. The van der Waals surface area contributed by atoms with Gasteiger partial charge in [-0.1, -0.05) is 0 Å². The Morgan fingerprint density at radius 2 is 1.70 bits per heavy atom. The van der Waals surface area contributed by atoms with Crippen molar-refractivity contribution in [3.63, 3.8) is 0 Å². The van der Waals surface area contributed by atoms with Crippen LogP contribution in [0.4, 0.5) is 18.9 Å². The normalized spacial score (nSPS) is 12.6. The van der Waals surface area contributed by atoms with Gasteiger partial charge < -0.3 is 5.32 Å². The molecule has 1 N–H and O–H groups in total. The maximum Gasteiger partial charge on any atom is 0.194 e. The second-order valence-corrected chi connectivity index (χ2v) is 4.83. The van der Waals surface area contributed by atoms with Gasteiger partial charge >= 0.3 is 0 Å². The average molecular weight is 283 g/mol. The van der Waals surface area contributed by atoms with Gasteiger partial charge in [-0.3, -0.25) is 4.68 Å². The summed E-state index contributed by atoms with van der Waals surface area (Å²) in [5, 5.41) is 7.25. The first-order valence-electron chi connectivity index (χ1n) is 6.22. The molecule has 0 aliphatic rings. The van der Waals surface area contributed by atoms with Crippen molar-refractivity contribution < 1.29 is 13.2 Å². The topological polar surface area (TPSA) is 29.9 Å². The molecule has 1 unspecified atom stereocenters. The Morgan fingerprint density at radius 1 is 1.15 bits per heavy atom. The molecule has 1 aromatic heterocycles. The third-order valence-electron chi connectivity index (χ3n) is 3.36. The van der Waals surface area contributed by atoms with Crippen molar-refractivity contribution in [2.45, 2.75) is 26.8 Å². The molecule has 6 heteroatoms. The van der Waals surface area contributed by atoms with E-state index < -0.39 is 17.5 Å². The van der Waals surface area contributed by atoms with Crippen LogP contribution in [0.15, 0.2) is 12.1 Å². The third kappa shape index (κ3) is 2.50. The van der Waals surface area contributed by atoms with Gasteiger partial charge in [-0.15, -0.1) is 0 Å². The molecular formula is C14H16F3N3. The molecule has 1 heterocycles. The Bertz CT molecular complexity index is 626. The minimum absolute atomic E-state index is 0.191. The van der Waals surface area contributed by atoms with Crippen LogP contribution in [-0.2, 0) is 7.05 Å². The molecule has 2 rings (SSSR count). The molecule has 1 atom stereocenters. The van der Waals surface area contributed by atoms with Gasteiger partial charge in [0.05, 0.1) is 11.7 Å². The molecule has 0 amide bonds. The van der Waals surface area contributed by atoms with Crippen molar-refractivity contribution in [3.8, 4) is 0 Å². The second-order valence-electron chi connectivity index (χ2n) is 4.83. The van der Waals surface area contributed by atoms with Crippen molar-refractivity contribution >= 4 is 5.69 Å². The fraction of sp³-hybridized carbons (Fsp3) is 0.357. The summed E-state index contributed by atoms with van der Waals surface area (Å²) >= 11 is 0. The van der Waals surface area contributed by atoms with Crippen LogP contribution in [0.2, 0.25) is 0 Å². The molecule has 0 spiro atoms. The number of anilines is 1. The van der Waals surface area contributed by atoms with E-state index in [0.29, 0.717) is 0 Å². The minimum atomic E-state index is -1.46. The number of benzene rings is 1. The number of hydrogen-bond donors (Lipinski definition) is 1. The highest BCUT2D eigenvalue weighted by Gasteiger charge is 2.17. The zero-order valence-corrected chi connectivity index (χ0v) is 11.8. The first kappa shape index (κ1) is 14.4. The van der Waals surface area contributed by atoms with Crippen LogP contribution >= 0.6 is 0 Å². The Balaban J connectivity index is 2.30. The second kappa shape index (κ2) is 5.19. The fourth-order valence-corrected chi connectivity index (χ4v) is 2.38. The average Bonchev–Trinajstić information content (AvgIpc) is 2.60. The van der Waals surface area contributed by atoms with Crippen molar-refractivity contribution in [1.29, 1.82) is 0 Å². The summed E-state index contributed by atoms with van der Waals surface area (Å²) in [5.41, 5.74) is 2.95. The summed E-state index contributed by atoms with van der Waals surface area (Å²) in [6.07, 6.45) is 0. The smallest absolute Gasteiger partial charge is 0.194 e. The summed E-state index contributed by atoms with van der Waals surface area (Å²) < 4.78 is 41.0.